The zero-order valence-electron chi connectivity index (χ0n) is 8.90. The predicted molar refractivity (Wildman–Crippen MR) is 63.3 cm³/mol. The Morgan fingerprint density at radius 2 is 1.44 bits per heavy atom. The number of hydrogen-bond donors (Lipinski definition) is 0. The van der Waals surface area contributed by atoms with E-state index in [0.717, 1.165) is 5.56 Å². The highest BCUT2D eigenvalue weighted by atomic mass is 19.1. The first kappa shape index (κ1) is 10.7. The van der Waals surface area contributed by atoms with Crippen LogP contribution < -0.4 is 4.74 Å². The molecule has 0 aliphatic carbocycles. The van der Waals surface area contributed by atoms with Crippen LogP contribution in [0, 0.1) is 0 Å². The Hall–Kier alpha value is -1.83. The van der Waals surface area contributed by atoms with Crippen LogP contribution in [0.4, 0.5) is 4.39 Å². The molecule has 0 radical (unpaired) electrons. The molecule has 2 aromatic rings. The minimum Gasteiger partial charge on any atom is -0.491 e. The minimum atomic E-state index is -0.458. The van der Waals surface area contributed by atoms with E-state index in [9.17, 15) is 4.39 Å². The smallest absolute Gasteiger partial charge is 0.123 e. The zero-order valence-corrected chi connectivity index (χ0v) is 8.90. The fourth-order valence-electron chi connectivity index (χ4n) is 1.53. The summed E-state index contributed by atoms with van der Waals surface area (Å²) < 4.78 is 17.1. The molecule has 1 nitrogen and oxygen atoms in total. The van der Waals surface area contributed by atoms with Crippen LogP contribution in [0.3, 0.4) is 0 Å². The monoisotopic (exact) mass is 216 g/mol. The van der Waals surface area contributed by atoms with Gasteiger partial charge in [0, 0.05) is 0 Å². The van der Waals surface area contributed by atoms with Gasteiger partial charge in [-0.05, 0) is 23.3 Å². The van der Waals surface area contributed by atoms with Crippen molar-refractivity contribution in [2.75, 3.05) is 13.3 Å². The van der Waals surface area contributed by atoms with Gasteiger partial charge in [-0.2, -0.15) is 0 Å². The fourth-order valence-corrected chi connectivity index (χ4v) is 1.53. The highest BCUT2D eigenvalue weighted by Gasteiger charge is 1.97. The topological polar surface area (TPSA) is 9.23 Å². The lowest BCUT2D eigenvalue weighted by Gasteiger charge is -2.05. The summed E-state index contributed by atoms with van der Waals surface area (Å²) in [4.78, 5) is 0. The minimum absolute atomic E-state index is 0.116. The van der Waals surface area contributed by atoms with Crippen molar-refractivity contribution in [1.29, 1.82) is 0 Å². The molecule has 16 heavy (non-hydrogen) atoms. The molecule has 0 fully saturated rings. The molecule has 0 bridgehead atoms. The maximum absolute atomic E-state index is 11.9. The molecular formula is C14H13FO. The van der Waals surface area contributed by atoms with Crippen molar-refractivity contribution in [3.05, 3.63) is 54.6 Å². The van der Waals surface area contributed by atoms with Crippen molar-refractivity contribution in [1.82, 2.24) is 0 Å². The Kier molecular flexibility index (Phi) is 3.54. The van der Waals surface area contributed by atoms with E-state index in [1.807, 2.05) is 42.5 Å². The molecule has 0 N–H and O–H groups in total. The van der Waals surface area contributed by atoms with Gasteiger partial charge in [0.05, 0.1) is 0 Å². The predicted octanol–water partition coefficient (Wildman–Crippen LogP) is 3.70. The third kappa shape index (κ3) is 2.60. The first-order chi connectivity index (χ1) is 7.90. The van der Waals surface area contributed by atoms with Crippen molar-refractivity contribution >= 4 is 0 Å². The molecule has 0 amide bonds. The molecule has 0 atom stereocenters. The highest BCUT2D eigenvalue weighted by molar-refractivity contribution is 5.63. The average molecular weight is 216 g/mol. The lowest BCUT2D eigenvalue weighted by atomic mass is 10.1. The number of hydrogen-bond acceptors (Lipinski definition) is 1. The third-order valence-corrected chi connectivity index (χ3v) is 2.31. The van der Waals surface area contributed by atoms with E-state index in [2.05, 4.69) is 12.1 Å². The summed E-state index contributed by atoms with van der Waals surface area (Å²) in [7, 11) is 0. The van der Waals surface area contributed by atoms with Crippen LogP contribution >= 0.6 is 0 Å². The van der Waals surface area contributed by atoms with Gasteiger partial charge in [-0.25, -0.2) is 4.39 Å². The molecule has 0 saturated heterocycles. The first-order valence-corrected chi connectivity index (χ1v) is 5.24. The molecule has 2 aromatic carbocycles. The van der Waals surface area contributed by atoms with Crippen LogP contribution in [0.2, 0.25) is 0 Å². The summed E-state index contributed by atoms with van der Waals surface area (Å²) in [5, 5.41) is 0. The number of alkyl halides is 1. The van der Waals surface area contributed by atoms with Crippen molar-refractivity contribution in [2.24, 2.45) is 0 Å². The molecule has 0 aliphatic heterocycles. The van der Waals surface area contributed by atoms with Gasteiger partial charge in [0.25, 0.3) is 0 Å². The quantitative estimate of drug-likeness (QED) is 0.757. The van der Waals surface area contributed by atoms with Gasteiger partial charge in [-0.1, -0.05) is 42.5 Å². The molecule has 0 unspecified atom stereocenters. The second-order valence-corrected chi connectivity index (χ2v) is 3.43. The van der Waals surface area contributed by atoms with Gasteiger partial charge in [0.15, 0.2) is 0 Å². The molecule has 0 aliphatic rings. The molecule has 0 spiro atoms. The van der Waals surface area contributed by atoms with Crippen molar-refractivity contribution in [3.63, 3.8) is 0 Å². The molecule has 2 heteroatoms. The Bertz CT molecular complexity index is 422. The summed E-state index contributed by atoms with van der Waals surface area (Å²) in [6.45, 7) is -0.342. The van der Waals surface area contributed by atoms with E-state index >= 15 is 0 Å². The second-order valence-electron chi connectivity index (χ2n) is 3.43. The van der Waals surface area contributed by atoms with Gasteiger partial charge in [0.1, 0.15) is 19.0 Å². The van der Waals surface area contributed by atoms with Crippen LogP contribution in [-0.2, 0) is 0 Å². The molecule has 2 rings (SSSR count). The van der Waals surface area contributed by atoms with E-state index < -0.39 is 6.67 Å². The fraction of sp³-hybridized carbons (Fsp3) is 0.143. The van der Waals surface area contributed by atoms with Gasteiger partial charge in [-0.3, -0.25) is 0 Å². The van der Waals surface area contributed by atoms with Gasteiger partial charge in [-0.15, -0.1) is 0 Å². The first-order valence-electron chi connectivity index (χ1n) is 5.24. The standard InChI is InChI=1S/C14H13FO/c15-10-11-16-14-8-6-13(7-9-14)12-4-2-1-3-5-12/h1-9H,10-11H2. The SMILES string of the molecule is FCCOc1ccc(-c2ccccc2)cc1. The highest BCUT2D eigenvalue weighted by Crippen LogP contribution is 2.21. The Morgan fingerprint density at radius 3 is 2.06 bits per heavy atom. The summed E-state index contributed by atoms with van der Waals surface area (Å²) in [6, 6.07) is 17.8. The molecule has 0 aromatic heterocycles. The number of ether oxygens (including phenoxy) is 1. The Labute approximate surface area is 94.5 Å². The van der Waals surface area contributed by atoms with Crippen LogP contribution in [0.25, 0.3) is 11.1 Å². The van der Waals surface area contributed by atoms with E-state index in [4.69, 9.17) is 4.74 Å². The lowest BCUT2D eigenvalue weighted by Crippen LogP contribution is -1.98. The Balaban J connectivity index is 2.13. The van der Waals surface area contributed by atoms with Crippen molar-refractivity contribution < 1.29 is 9.13 Å². The normalized spacial score (nSPS) is 10.1. The maximum atomic E-state index is 11.9. The van der Waals surface area contributed by atoms with E-state index in [0.29, 0.717) is 5.75 Å². The summed E-state index contributed by atoms with van der Waals surface area (Å²) in [6.07, 6.45) is 0. The van der Waals surface area contributed by atoms with E-state index in [-0.39, 0.29) is 6.61 Å². The van der Waals surface area contributed by atoms with E-state index in [1.54, 1.807) is 0 Å². The van der Waals surface area contributed by atoms with Gasteiger partial charge < -0.3 is 4.74 Å². The number of halogens is 1. The van der Waals surface area contributed by atoms with Crippen LogP contribution in [-0.4, -0.2) is 13.3 Å². The Morgan fingerprint density at radius 1 is 0.812 bits per heavy atom. The van der Waals surface area contributed by atoms with Crippen LogP contribution in [0.5, 0.6) is 5.75 Å². The molecular weight excluding hydrogens is 203 g/mol. The van der Waals surface area contributed by atoms with Gasteiger partial charge >= 0.3 is 0 Å². The van der Waals surface area contributed by atoms with Crippen molar-refractivity contribution in [3.8, 4) is 16.9 Å². The molecule has 0 saturated carbocycles. The van der Waals surface area contributed by atoms with E-state index in [1.165, 1.54) is 5.56 Å². The number of rotatable bonds is 4. The summed E-state index contributed by atoms with van der Waals surface area (Å²) >= 11 is 0. The zero-order chi connectivity index (χ0) is 11.2. The van der Waals surface area contributed by atoms with Crippen molar-refractivity contribution in [2.45, 2.75) is 0 Å². The second kappa shape index (κ2) is 5.31. The van der Waals surface area contributed by atoms with Crippen LogP contribution in [0.1, 0.15) is 0 Å². The summed E-state index contributed by atoms with van der Waals surface area (Å²) in [5.41, 5.74) is 2.30. The number of benzene rings is 2. The summed E-state index contributed by atoms with van der Waals surface area (Å²) in [5.74, 6) is 0.706. The molecule has 82 valence electrons. The molecule has 0 heterocycles. The third-order valence-electron chi connectivity index (χ3n) is 2.31. The largest absolute Gasteiger partial charge is 0.491 e. The van der Waals surface area contributed by atoms with Gasteiger partial charge in [0.2, 0.25) is 0 Å². The van der Waals surface area contributed by atoms with Crippen LogP contribution in [0.15, 0.2) is 54.6 Å². The maximum Gasteiger partial charge on any atom is 0.123 e. The average Bonchev–Trinajstić information content (AvgIpc) is 2.38. The lowest BCUT2D eigenvalue weighted by molar-refractivity contribution is 0.273.